The van der Waals surface area contributed by atoms with Gasteiger partial charge in [0.05, 0.1) is 6.04 Å². The Kier molecular flexibility index (Phi) is 6.39. The van der Waals surface area contributed by atoms with Gasteiger partial charge in [0.15, 0.2) is 0 Å². The van der Waals surface area contributed by atoms with Crippen LogP contribution in [0.5, 0.6) is 0 Å². The summed E-state index contributed by atoms with van der Waals surface area (Å²) >= 11 is 1.71. The first kappa shape index (κ1) is 19.8. The number of hydrogen-bond acceptors (Lipinski definition) is 4. The molecule has 4 rings (SSSR count). The fraction of sp³-hybridized carbons (Fsp3) is 0.292. The van der Waals surface area contributed by atoms with Crippen molar-refractivity contribution in [3.8, 4) is 11.1 Å². The summed E-state index contributed by atoms with van der Waals surface area (Å²) in [6.07, 6.45) is 0. The predicted octanol–water partition coefficient (Wildman–Crippen LogP) is 4.13. The molecule has 2 aromatic carbocycles. The van der Waals surface area contributed by atoms with Gasteiger partial charge in [-0.25, -0.2) is 0 Å². The molecule has 2 heterocycles. The molecule has 1 amide bonds. The fourth-order valence-electron chi connectivity index (χ4n) is 3.79. The maximum Gasteiger partial charge on any atom is 0.251 e. The second kappa shape index (κ2) is 9.35. The lowest BCUT2D eigenvalue weighted by atomic mass is 10.0. The topological polar surface area (TPSA) is 35.6 Å². The smallest absolute Gasteiger partial charge is 0.251 e. The fourth-order valence-corrected chi connectivity index (χ4v) is 4.50. The SMILES string of the molecule is CN1CCN([C@@H](CNC(=O)c2ccc(-c3ccccc3)cc2)c2ccsc2)CC1. The molecule has 0 saturated carbocycles. The summed E-state index contributed by atoms with van der Waals surface area (Å²) in [4.78, 5) is 17.6. The highest BCUT2D eigenvalue weighted by Crippen LogP contribution is 2.24. The van der Waals surface area contributed by atoms with E-state index in [0.29, 0.717) is 12.1 Å². The molecule has 0 unspecified atom stereocenters. The van der Waals surface area contributed by atoms with Gasteiger partial charge in [0.1, 0.15) is 0 Å². The Morgan fingerprint density at radius 2 is 1.66 bits per heavy atom. The Balaban J connectivity index is 1.41. The van der Waals surface area contributed by atoms with Crippen molar-refractivity contribution in [3.05, 3.63) is 82.6 Å². The van der Waals surface area contributed by atoms with E-state index in [2.05, 4.69) is 51.1 Å². The second-order valence-electron chi connectivity index (χ2n) is 7.57. The summed E-state index contributed by atoms with van der Waals surface area (Å²) < 4.78 is 0. The first-order chi connectivity index (χ1) is 14.2. The monoisotopic (exact) mass is 405 g/mol. The number of benzene rings is 2. The third-order valence-electron chi connectivity index (χ3n) is 5.62. The van der Waals surface area contributed by atoms with Gasteiger partial charge in [-0.1, -0.05) is 42.5 Å². The molecule has 29 heavy (non-hydrogen) atoms. The van der Waals surface area contributed by atoms with Gasteiger partial charge in [0.2, 0.25) is 0 Å². The molecule has 1 N–H and O–H groups in total. The molecule has 1 fully saturated rings. The van der Waals surface area contributed by atoms with E-state index in [1.165, 1.54) is 5.56 Å². The maximum atomic E-state index is 12.8. The summed E-state index contributed by atoms with van der Waals surface area (Å²) in [6, 6.07) is 20.5. The molecular weight excluding hydrogens is 378 g/mol. The minimum absolute atomic E-state index is 0.0148. The lowest BCUT2D eigenvalue weighted by molar-refractivity contribution is 0.0887. The Morgan fingerprint density at radius 3 is 2.31 bits per heavy atom. The normalized spacial score (nSPS) is 16.4. The summed E-state index contributed by atoms with van der Waals surface area (Å²) in [5.41, 5.74) is 4.27. The van der Waals surface area contributed by atoms with Crippen molar-refractivity contribution in [2.75, 3.05) is 39.8 Å². The number of rotatable bonds is 6. The van der Waals surface area contributed by atoms with Crippen molar-refractivity contribution in [3.63, 3.8) is 0 Å². The first-order valence-electron chi connectivity index (χ1n) is 10.1. The lowest BCUT2D eigenvalue weighted by Gasteiger charge is -2.38. The van der Waals surface area contributed by atoms with Gasteiger partial charge in [-0.2, -0.15) is 11.3 Å². The molecule has 1 aromatic heterocycles. The van der Waals surface area contributed by atoms with Crippen LogP contribution in [-0.2, 0) is 0 Å². The van der Waals surface area contributed by atoms with Crippen molar-refractivity contribution in [1.82, 2.24) is 15.1 Å². The number of nitrogens with zero attached hydrogens (tertiary/aromatic N) is 2. The first-order valence-corrected chi connectivity index (χ1v) is 11.0. The van der Waals surface area contributed by atoms with Gasteiger partial charge in [-0.15, -0.1) is 0 Å². The van der Waals surface area contributed by atoms with Crippen molar-refractivity contribution < 1.29 is 4.79 Å². The van der Waals surface area contributed by atoms with Crippen LogP contribution in [0.2, 0.25) is 0 Å². The molecule has 0 radical (unpaired) electrons. The molecule has 0 bridgehead atoms. The minimum Gasteiger partial charge on any atom is -0.350 e. The summed E-state index contributed by atoms with van der Waals surface area (Å²) in [6.45, 7) is 4.81. The zero-order valence-electron chi connectivity index (χ0n) is 16.8. The average molecular weight is 406 g/mol. The van der Waals surface area contributed by atoms with Crippen LogP contribution in [0, 0.1) is 0 Å². The second-order valence-corrected chi connectivity index (χ2v) is 8.35. The average Bonchev–Trinajstić information content (AvgIpc) is 3.30. The molecule has 1 aliphatic rings. The van der Waals surface area contributed by atoms with Gasteiger partial charge in [-0.05, 0) is 52.7 Å². The quantitative estimate of drug-likeness (QED) is 0.670. The Morgan fingerprint density at radius 1 is 0.966 bits per heavy atom. The predicted molar refractivity (Wildman–Crippen MR) is 120 cm³/mol. The number of carbonyl (C=O) groups excluding carboxylic acids is 1. The highest BCUT2D eigenvalue weighted by atomic mass is 32.1. The van der Waals surface area contributed by atoms with Gasteiger partial charge in [0.25, 0.3) is 5.91 Å². The van der Waals surface area contributed by atoms with E-state index in [1.807, 2.05) is 42.5 Å². The van der Waals surface area contributed by atoms with Crippen LogP contribution < -0.4 is 5.32 Å². The van der Waals surface area contributed by atoms with E-state index in [0.717, 1.165) is 37.3 Å². The van der Waals surface area contributed by atoms with E-state index in [9.17, 15) is 4.79 Å². The van der Waals surface area contributed by atoms with Crippen LogP contribution in [0.4, 0.5) is 0 Å². The van der Waals surface area contributed by atoms with E-state index in [4.69, 9.17) is 0 Å². The number of hydrogen-bond donors (Lipinski definition) is 1. The lowest BCUT2D eigenvalue weighted by Crippen LogP contribution is -2.48. The van der Waals surface area contributed by atoms with Gasteiger partial charge < -0.3 is 10.2 Å². The van der Waals surface area contributed by atoms with Crippen molar-refractivity contribution >= 4 is 17.2 Å². The van der Waals surface area contributed by atoms with Crippen LogP contribution in [-0.4, -0.2) is 55.5 Å². The van der Waals surface area contributed by atoms with Gasteiger partial charge >= 0.3 is 0 Å². The van der Waals surface area contributed by atoms with E-state index < -0.39 is 0 Å². The number of thiophene rings is 1. The number of carbonyl (C=O) groups is 1. The zero-order chi connectivity index (χ0) is 20.1. The van der Waals surface area contributed by atoms with Crippen molar-refractivity contribution in [1.29, 1.82) is 0 Å². The molecule has 1 aliphatic heterocycles. The summed E-state index contributed by atoms with van der Waals surface area (Å²) in [7, 11) is 2.16. The highest BCUT2D eigenvalue weighted by molar-refractivity contribution is 7.08. The molecular formula is C24H27N3OS. The van der Waals surface area contributed by atoms with Gasteiger partial charge in [-0.3, -0.25) is 9.69 Å². The summed E-state index contributed by atoms with van der Waals surface area (Å²) in [5.74, 6) is -0.0148. The Labute approximate surface area is 176 Å². The largest absolute Gasteiger partial charge is 0.350 e. The third kappa shape index (κ3) is 4.93. The van der Waals surface area contributed by atoms with Crippen LogP contribution >= 0.6 is 11.3 Å². The Hall–Kier alpha value is -2.47. The molecule has 4 nitrogen and oxygen atoms in total. The minimum atomic E-state index is -0.0148. The molecule has 3 aromatic rings. The van der Waals surface area contributed by atoms with Crippen LogP contribution in [0.15, 0.2) is 71.4 Å². The number of likely N-dealkylation sites (N-methyl/N-ethyl adjacent to an activating group) is 1. The number of piperazine rings is 1. The maximum absolute atomic E-state index is 12.8. The number of nitrogens with one attached hydrogen (secondary N) is 1. The van der Waals surface area contributed by atoms with Crippen LogP contribution in [0.25, 0.3) is 11.1 Å². The van der Waals surface area contributed by atoms with Crippen LogP contribution in [0.1, 0.15) is 22.0 Å². The van der Waals surface area contributed by atoms with E-state index in [1.54, 1.807) is 11.3 Å². The van der Waals surface area contributed by atoms with E-state index in [-0.39, 0.29) is 11.9 Å². The number of amides is 1. The van der Waals surface area contributed by atoms with Crippen molar-refractivity contribution in [2.45, 2.75) is 6.04 Å². The van der Waals surface area contributed by atoms with Crippen molar-refractivity contribution in [2.24, 2.45) is 0 Å². The molecule has 5 heteroatoms. The molecule has 0 aliphatic carbocycles. The van der Waals surface area contributed by atoms with E-state index >= 15 is 0 Å². The van der Waals surface area contributed by atoms with Gasteiger partial charge in [0, 0.05) is 38.3 Å². The zero-order valence-corrected chi connectivity index (χ0v) is 17.6. The molecule has 1 atom stereocenters. The van der Waals surface area contributed by atoms with Crippen LogP contribution in [0.3, 0.4) is 0 Å². The molecule has 0 spiro atoms. The summed E-state index contributed by atoms with van der Waals surface area (Å²) in [5, 5.41) is 7.48. The third-order valence-corrected chi connectivity index (χ3v) is 6.32. The standard InChI is InChI=1S/C24H27N3OS/c1-26-12-14-27(15-13-26)23(22-11-16-29-18-22)17-25-24(28)21-9-7-20(8-10-21)19-5-3-2-4-6-19/h2-11,16,18,23H,12-15,17H2,1H3,(H,25,28)/t23-/m0/s1. The molecule has 150 valence electrons. The Bertz CT molecular complexity index is 901. The highest BCUT2D eigenvalue weighted by Gasteiger charge is 2.24. The molecule has 1 saturated heterocycles.